The van der Waals surface area contributed by atoms with Crippen molar-refractivity contribution in [1.82, 2.24) is 15.2 Å². The molecule has 12 heteroatoms. The van der Waals surface area contributed by atoms with Crippen molar-refractivity contribution < 1.29 is 14.6 Å². The number of nitrogens with zero attached hydrogens (tertiary/aromatic N) is 2. The van der Waals surface area contributed by atoms with Gasteiger partial charge in [0.25, 0.3) is 0 Å². The van der Waals surface area contributed by atoms with Crippen molar-refractivity contribution in [3.63, 3.8) is 0 Å². The Hall–Kier alpha value is -5.04. The zero-order valence-corrected chi connectivity index (χ0v) is 28.0. The van der Waals surface area contributed by atoms with Gasteiger partial charge in [-0.15, -0.1) is 11.3 Å². The molecule has 1 amide bonds. The summed E-state index contributed by atoms with van der Waals surface area (Å²) in [7, 11) is 0. The predicted molar refractivity (Wildman–Crippen MR) is 195 cm³/mol. The Labute approximate surface area is 288 Å². The minimum absolute atomic E-state index is 0.0611. The molecule has 254 valence electrons. The van der Waals surface area contributed by atoms with Crippen LogP contribution in [0.25, 0.3) is 21.3 Å². The highest BCUT2D eigenvalue weighted by Crippen LogP contribution is 2.34. The Morgan fingerprint density at radius 3 is 2.67 bits per heavy atom. The Kier molecular flexibility index (Phi) is 11.3. The summed E-state index contributed by atoms with van der Waals surface area (Å²) < 4.78 is 5.76. The lowest BCUT2D eigenvalue weighted by molar-refractivity contribution is 0.0589. The maximum atomic E-state index is 12.6. The Morgan fingerprint density at radius 1 is 1.02 bits per heavy atom. The number of fused-ring (bicyclic) bond motifs is 1. The number of thiophene rings is 1. The molecule has 0 atom stereocenters. The number of aromatic hydroxyl groups is 1. The molecule has 1 aliphatic rings. The molecular weight excluding hydrogens is 639 g/mol. The molecule has 49 heavy (non-hydrogen) atoms. The summed E-state index contributed by atoms with van der Waals surface area (Å²) in [5.74, 6) is 0.0611. The molecular formula is C37H41N7O4S. The average Bonchev–Trinajstić information content (AvgIpc) is 3.58. The van der Waals surface area contributed by atoms with Crippen molar-refractivity contribution in [3.05, 3.63) is 106 Å². The fraction of sp³-hybridized carbons (Fsp3) is 0.297. The summed E-state index contributed by atoms with van der Waals surface area (Å²) in [6.07, 6.45) is 2.77. The maximum Gasteiger partial charge on any atom is 0.411 e. The van der Waals surface area contributed by atoms with E-state index in [9.17, 15) is 14.7 Å². The summed E-state index contributed by atoms with van der Waals surface area (Å²) >= 11 is 1.59. The molecule has 1 saturated heterocycles. The second-order valence-corrected chi connectivity index (χ2v) is 13.0. The van der Waals surface area contributed by atoms with Crippen LogP contribution in [0.2, 0.25) is 0 Å². The predicted octanol–water partition coefficient (Wildman–Crippen LogP) is 7.47. The number of amides is 1. The highest BCUT2D eigenvalue weighted by Gasteiger charge is 2.23. The number of H-pyrrole nitrogens is 1. The van der Waals surface area contributed by atoms with Crippen LogP contribution in [0.5, 0.6) is 5.75 Å². The number of phenolic OH excluding ortho intramolecular Hbond substituents is 1. The van der Waals surface area contributed by atoms with E-state index in [2.05, 4.69) is 30.9 Å². The lowest BCUT2D eigenvalue weighted by atomic mass is 10.0. The molecule has 11 nitrogen and oxygen atoms in total. The van der Waals surface area contributed by atoms with Gasteiger partial charge in [0.2, 0.25) is 5.56 Å². The highest BCUT2D eigenvalue weighted by molar-refractivity contribution is 7.14. The van der Waals surface area contributed by atoms with Gasteiger partial charge in [0.05, 0.1) is 21.8 Å². The van der Waals surface area contributed by atoms with Gasteiger partial charge in [0.15, 0.2) is 0 Å². The molecule has 1 aliphatic heterocycles. The number of benzene rings is 3. The van der Waals surface area contributed by atoms with E-state index in [1.54, 1.807) is 23.5 Å². The molecule has 2 aromatic heterocycles. The lowest BCUT2D eigenvalue weighted by Gasteiger charge is -2.31. The number of anilines is 2. The van der Waals surface area contributed by atoms with Gasteiger partial charge in [-0.05, 0) is 91.2 Å². The number of aromatic nitrogens is 1. The molecule has 0 bridgehead atoms. The summed E-state index contributed by atoms with van der Waals surface area (Å²) in [6, 6.07) is 24.6. The number of carbonyl (C=O) groups is 1. The molecule has 3 aromatic carbocycles. The first-order chi connectivity index (χ1) is 24.0. The van der Waals surface area contributed by atoms with Gasteiger partial charge in [0.1, 0.15) is 17.5 Å². The number of rotatable bonds is 14. The van der Waals surface area contributed by atoms with Gasteiger partial charge >= 0.3 is 6.09 Å². The summed E-state index contributed by atoms with van der Waals surface area (Å²) in [4.78, 5) is 30.4. The van der Waals surface area contributed by atoms with Crippen LogP contribution in [0.1, 0.15) is 30.4 Å². The number of carbonyl (C=O) groups excluding carboxylic acids is 1. The summed E-state index contributed by atoms with van der Waals surface area (Å²) in [5.41, 5.74) is 13.3. The second kappa shape index (κ2) is 16.4. The molecule has 0 unspecified atom stereocenters. The SMILES string of the molecule is N=Nc1cc(CNCCc2ccc(O)c3[nH]c(=O)ccc23)ccc1NCCCN1CCC(OC(=O)Nc2ccsc2-c2ccccc2)CC1. The first-order valence-corrected chi connectivity index (χ1v) is 17.5. The highest BCUT2D eigenvalue weighted by atomic mass is 32.1. The standard InChI is InChI=1S/C37H41N7O4S/c38-43-32-23-25(24-39-18-13-26-8-11-33(45)35-29(26)9-12-34(46)42-35)7-10-30(32)40-17-4-19-44-20-14-28(15-21-44)48-37(47)41-31-16-22-49-36(31)27-5-2-1-3-6-27/h1-3,5-12,16,22-23,28,38-40,45H,4,13-15,17-21,24H2,(H,41,47)(H,42,46). The first kappa shape index (κ1) is 33.8. The van der Waals surface area contributed by atoms with Gasteiger partial charge in [0, 0.05) is 37.6 Å². The lowest BCUT2D eigenvalue weighted by Crippen LogP contribution is -2.39. The molecule has 3 heterocycles. The molecule has 6 rings (SSSR count). The largest absolute Gasteiger partial charge is 0.506 e. The van der Waals surface area contributed by atoms with Gasteiger partial charge in [-0.1, -0.05) is 42.5 Å². The second-order valence-electron chi connectivity index (χ2n) is 12.1. The average molecular weight is 680 g/mol. The Bertz CT molecular complexity index is 1940. The van der Waals surface area contributed by atoms with Gasteiger partial charge < -0.3 is 30.4 Å². The van der Waals surface area contributed by atoms with E-state index in [1.807, 2.05) is 66.0 Å². The maximum absolute atomic E-state index is 12.6. The van der Waals surface area contributed by atoms with Crippen LogP contribution in [0, 0.1) is 5.53 Å². The smallest absolute Gasteiger partial charge is 0.411 e. The number of hydrogen-bond donors (Lipinski definition) is 6. The number of piperidine rings is 1. The molecule has 0 radical (unpaired) electrons. The number of hydrogen-bond acceptors (Lipinski definition) is 10. The fourth-order valence-corrected chi connectivity index (χ4v) is 7.05. The molecule has 5 aromatic rings. The van der Waals surface area contributed by atoms with E-state index >= 15 is 0 Å². The van der Waals surface area contributed by atoms with E-state index in [0.717, 1.165) is 90.2 Å². The van der Waals surface area contributed by atoms with Crippen molar-refractivity contribution in [2.75, 3.05) is 43.4 Å². The number of pyridine rings is 1. The van der Waals surface area contributed by atoms with Crippen molar-refractivity contribution in [2.24, 2.45) is 5.11 Å². The Balaban J connectivity index is 0.883. The van der Waals surface area contributed by atoms with Gasteiger partial charge in [-0.2, -0.15) is 5.11 Å². The quantitative estimate of drug-likeness (QED) is 0.0525. The minimum Gasteiger partial charge on any atom is -0.506 e. The first-order valence-electron chi connectivity index (χ1n) is 16.6. The third kappa shape index (κ3) is 8.91. The van der Waals surface area contributed by atoms with Crippen LogP contribution >= 0.6 is 11.3 Å². The zero-order chi connectivity index (χ0) is 34.0. The monoisotopic (exact) mass is 679 g/mol. The van der Waals surface area contributed by atoms with Gasteiger partial charge in [-0.3, -0.25) is 10.1 Å². The summed E-state index contributed by atoms with van der Waals surface area (Å²) in [5, 5.41) is 26.5. The van der Waals surface area contributed by atoms with E-state index in [1.165, 1.54) is 6.07 Å². The molecule has 0 saturated carbocycles. The summed E-state index contributed by atoms with van der Waals surface area (Å²) in [6.45, 7) is 4.78. The molecule has 0 aliphatic carbocycles. The Morgan fingerprint density at radius 2 is 1.86 bits per heavy atom. The van der Waals surface area contributed by atoms with Crippen molar-refractivity contribution in [1.29, 1.82) is 5.53 Å². The van der Waals surface area contributed by atoms with Crippen LogP contribution in [-0.4, -0.2) is 59.9 Å². The van der Waals surface area contributed by atoms with Crippen LogP contribution in [0.3, 0.4) is 0 Å². The van der Waals surface area contributed by atoms with Crippen molar-refractivity contribution in [3.8, 4) is 16.2 Å². The van der Waals surface area contributed by atoms with E-state index in [0.29, 0.717) is 24.3 Å². The van der Waals surface area contributed by atoms with E-state index < -0.39 is 6.09 Å². The fourth-order valence-electron chi connectivity index (χ4n) is 6.19. The normalized spacial score (nSPS) is 13.7. The number of phenols is 1. The van der Waals surface area contributed by atoms with Crippen LogP contribution in [-0.2, 0) is 17.7 Å². The van der Waals surface area contributed by atoms with Crippen LogP contribution < -0.4 is 21.5 Å². The number of aromatic amines is 1. The molecule has 0 spiro atoms. The van der Waals surface area contributed by atoms with Crippen LogP contribution in [0.4, 0.5) is 21.9 Å². The van der Waals surface area contributed by atoms with E-state index in [-0.39, 0.29) is 17.4 Å². The number of likely N-dealkylation sites (tertiary alicyclic amines) is 1. The third-order valence-corrected chi connectivity index (χ3v) is 9.72. The third-order valence-electron chi connectivity index (χ3n) is 8.76. The van der Waals surface area contributed by atoms with E-state index in [4.69, 9.17) is 10.3 Å². The van der Waals surface area contributed by atoms with Crippen molar-refractivity contribution in [2.45, 2.75) is 38.3 Å². The molecule has 6 N–H and O–H groups in total. The number of nitrogens with one attached hydrogen (secondary N) is 5. The van der Waals surface area contributed by atoms with Gasteiger partial charge in [-0.25, -0.2) is 10.3 Å². The van der Waals surface area contributed by atoms with Crippen LogP contribution in [0.15, 0.2) is 94.2 Å². The molecule has 1 fully saturated rings. The van der Waals surface area contributed by atoms with Crippen molar-refractivity contribution >= 4 is 45.4 Å². The number of ether oxygens (including phenoxy) is 1. The minimum atomic E-state index is -0.405. The zero-order valence-electron chi connectivity index (χ0n) is 27.2. The topological polar surface area (TPSA) is 155 Å².